The van der Waals surface area contributed by atoms with Crippen molar-refractivity contribution in [1.29, 1.82) is 0 Å². The average molecular weight is 292 g/mol. The van der Waals surface area contributed by atoms with Gasteiger partial charge >= 0.3 is 0 Å². The van der Waals surface area contributed by atoms with Gasteiger partial charge in [-0.3, -0.25) is 4.79 Å². The highest BCUT2D eigenvalue weighted by Gasteiger charge is 2.41. The molecule has 3 rings (SSSR count). The Hall–Kier alpha value is -0.570. The third-order valence-electron chi connectivity index (χ3n) is 6.77. The predicted octanol–water partition coefficient (Wildman–Crippen LogP) is 2.89. The van der Waals surface area contributed by atoms with Gasteiger partial charge in [-0.2, -0.15) is 0 Å². The van der Waals surface area contributed by atoms with E-state index in [0.29, 0.717) is 17.7 Å². The second-order valence-electron chi connectivity index (χ2n) is 8.35. The van der Waals surface area contributed by atoms with Crippen LogP contribution in [0.1, 0.15) is 52.4 Å². The molecule has 2 bridgehead atoms. The highest BCUT2D eigenvalue weighted by Crippen LogP contribution is 2.48. The van der Waals surface area contributed by atoms with Gasteiger partial charge in [0.1, 0.15) is 0 Å². The molecule has 7 atom stereocenters. The van der Waals surface area contributed by atoms with Crippen molar-refractivity contribution < 1.29 is 4.79 Å². The molecule has 120 valence electrons. The summed E-state index contributed by atoms with van der Waals surface area (Å²) >= 11 is 0. The molecule has 21 heavy (non-hydrogen) atoms. The molecule has 0 aromatic rings. The van der Waals surface area contributed by atoms with Crippen molar-refractivity contribution >= 4 is 5.91 Å². The maximum atomic E-state index is 12.8. The molecule has 1 amide bonds. The third kappa shape index (κ3) is 2.99. The Bertz CT molecular complexity index is 397. The van der Waals surface area contributed by atoms with Gasteiger partial charge in [-0.25, -0.2) is 0 Å². The van der Waals surface area contributed by atoms with E-state index in [2.05, 4.69) is 13.8 Å². The Kier molecular flexibility index (Phi) is 4.31. The van der Waals surface area contributed by atoms with Gasteiger partial charge in [0.15, 0.2) is 0 Å². The summed E-state index contributed by atoms with van der Waals surface area (Å²) in [4.78, 5) is 14.9. The molecule has 2 N–H and O–H groups in total. The van der Waals surface area contributed by atoms with Crippen molar-refractivity contribution in [3.63, 3.8) is 0 Å². The van der Waals surface area contributed by atoms with Gasteiger partial charge < -0.3 is 10.6 Å². The second kappa shape index (κ2) is 5.91. The Morgan fingerprint density at radius 1 is 1.10 bits per heavy atom. The third-order valence-corrected chi connectivity index (χ3v) is 6.77. The van der Waals surface area contributed by atoms with Crippen LogP contribution in [0.2, 0.25) is 0 Å². The number of nitrogens with zero attached hydrogens (tertiary/aromatic N) is 1. The molecule has 7 unspecified atom stereocenters. The zero-order valence-electron chi connectivity index (χ0n) is 13.9. The molecule has 0 aromatic heterocycles. The summed E-state index contributed by atoms with van der Waals surface area (Å²) < 4.78 is 0. The quantitative estimate of drug-likeness (QED) is 0.869. The maximum absolute atomic E-state index is 12.8. The van der Waals surface area contributed by atoms with E-state index >= 15 is 0 Å². The molecule has 3 aliphatic rings. The van der Waals surface area contributed by atoms with Crippen LogP contribution in [0.3, 0.4) is 0 Å². The first-order chi connectivity index (χ1) is 9.95. The minimum Gasteiger partial charge on any atom is -0.345 e. The lowest BCUT2D eigenvalue weighted by Gasteiger charge is -2.38. The van der Waals surface area contributed by atoms with Crippen LogP contribution in [0.15, 0.2) is 0 Å². The van der Waals surface area contributed by atoms with Gasteiger partial charge in [-0.15, -0.1) is 0 Å². The number of fused-ring (bicyclic) bond motifs is 2. The summed E-state index contributed by atoms with van der Waals surface area (Å²) in [6, 6.07) is 0.200. The van der Waals surface area contributed by atoms with Crippen LogP contribution in [0.5, 0.6) is 0 Å². The Labute approximate surface area is 129 Å². The normalized spacial score (nSPS) is 45.8. The first-order valence-electron chi connectivity index (χ1n) is 8.96. The fraction of sp³-hybridized carbons (Fsp3) is 0.944. The fourth-order valence-electron chi connectivity index (χ4n) is 5.35. The summed E-state index contributed by atoms with van der Waals surface area (Å²) in [6.45, 7) is 5.44. The molecule has 0 aromatic carbocycles. The molecule has 0 saturated heterocycles. The molecule has 3 fully saturated rings. The molecule has 3 aliphatic carbocycles. The van der Waals surface area contributed by atoms with Crippen molar-refractivity contribution in [1.82, 2.24) is 4.90 Å². The SMILES string of the molecule is CC1CC(C)C(C(=O)N(C)CC2CC3CCC2C3)CC1N. The number of carbonyl (C=O) groups excluding carboxylic acids is 1. The van der Waals surface area contributed by atoms with Gasteiger partial charge in [0.2, 0.25) is 5.91 Å². The first kappa shape index (κ1) is 15.3. The van der Waals surface area contributed by atoms with Crippen LogP contribution in [-0.2, 0) is 4.79 Å². The Morgan fingerprint density at radius 2 is 1.86 bits per heavy atom. The highest BCUT2D eigenvalue weighted by atomic mass is 16.2. The maximum Gasteiger partial charge on any atom is 0.225 e. The summed E-state index contributed by atoms with van der Waals surface area (Å²) in [6.07, 6.45) is 7.60. The molecule has 3 nitrogen and oxygen atoms in total. The van der Waals surface area contributed by atoms with Gasteiger partial charge in [0, 0.05) is 25.6 Å². The van der Waals surface area contributed by atoms with Crippen LogP contribution in [-0.4, -0.2) is 30.4 Å². The molecule has 3 saturated carbocycles. The van der Waals surface area contributed by atoms with E-state index in [1.807, 2.05) is 11.9 Å². The number of rotatable bonds is 3. The van der Waals surface area contributed by atoms with Crippen molar-refractivity contribution in [3.8, 4) is 0 Å². The van der Waals surface area contributed by atoms with Crippen LogP contribution in [0.25, 0.3) is 0 Å². The average Bonchev–Trinajstić information content (AvgIpc) is 3.04. The lowest BCUT2D eigenvalue weighted by atomic mass is 9.72. The Morgan fingerprint density at radius 3 is 2.48 bits per heavy atom. The lowest BCUT2D eigenvalue weighted by molar-refractivity contribution is -0.138. The number of nitrogens with two attached hydrogens (primary N) is 1. The van der Waals surface area contributed by atoms with Crippen LogP contribution < -0.4 is 5.73 Å². The summed E-state index contributed by atoms with van der Waals surface area (Å²) in [5.74, 6) is 4.17. The second-order valence-corrected chi connectivity index (χ2v) is 8.35. The highest BCUT2D eigenvalue weighted by molar-refractivity contribution is 5.79. The van der Waals surface area contributed by atoms with E-state index in [9.17, 15) is 4.79 Å². The number of hydrogen-bond donors (Lipinski definition) is 1. The zero-order chi connectivity index (χ0) is 15.1. The molecular weight excluding hydrogens is 260 g/mol. The largest absolute Gasteiger partial charge is 0.345 e. The van der Waals surface area contributed by atoms with E-state index in [4.69, 9.17) is 5.73 Å². The van der Waals surface area contributed by atoms with Gasteiger partial charge in [-0.05, 0) is 61.7 Å². The van der Waals surface area contributed by atoms with E-state index in [1.165, 1.54) is 25.7 Å². The predicted molar refractivity (Wildman–Crippen MR) is 85.6 cm³/mol. The molecule has 0 aliphatic heterocycles. The fourth-order valence-corrected chi connectivity index (χ4v) is 5.35. The summed E-state index contributed by atoms with van der Waals surface area (Å²) in [5, 5.41) is 0. The van der Waals surface area contributed by atoms with Crippen molar-refractivity contribution in [2.75, 3.05) is 13.6 Å². The van der Waals surface area contributed by atoms with Crippen LogP contribution >= 0.6 is 0 Å². The van der Waals surface area contributed by atoms with Crippen molar-refractivity contribution in [2.45, 2.75) is 58.4 Å². The monoisotopic (exact) mass is 292 g/mol. The summed E-state index contributed by atoms with van der Waals surface area (Å²) in [7, 11) is 2.02. The van der Waals surface area contributed by atoms with Crippen molar-refractivity contribution in [3.05, 3.63) is 0 Å². The zero-order valence-corrected chi connectivity index (χ0v) is 13.9. The lowest BCUT2D eigenvalue weighted by Crippen LogP contribution is -2.46. The van der Waals surface area contributed by atoms with E-state index in [1.54, 1.807) is 0 Å². The van der Waals surface area contributed by atoms with Gasteiger partial charge in [0.25, 0.3) is 0 Å². The smallest absolute Gasteiger partial charge is 0.225 e. The minimum atomic E-state index is 0.153. The van der Waals surface area contributed by atoms with Gasteiger partial charge in [0.05, 0.1) is 0 Å². The topological polar surface area (TPSA) is 46.3 Å². The molecular formula is C18H32N2O. The molecule has 0 heterocycles. The number of amides is 1. The molecule has 0 radical (unpaired) electrons. The summed E-state index contributed by atoms with van der Waals surface area (Å²) in [5.41, 5.74) is 6.21. The Balaban J connectivity index is 1.56. The first-order valence-corrected chi connectivity index (χ1v) is 8.96. The molecule has 0 spiro atoms. The molecule has 3 heteroatoms. The van der Waals surface area contributed by atoms with E-state index < -0.39 is 0 Å². The van der Waals surface area contributed by atoms with E-state index in [0.717, 1.165) is 37.1 Å². The van der Waals surface area contributed by atoms with E-state index in [-0.39, 0.29) is 12.0 Å². The minimum absolute atomic E-state index is 0.153. The van der Waals surface area contributed by atoms with Gasteiger partial charge in [-0.1, -0.05) is 20.3 Å². The van der Waals surface area contributed by atoms with Crippen LogP contribution in [0, 0.1) is 35.5 Å². The van der Waals surface area contributed by atoms with Crippen molar-refractivity contribution in [2.24, 2.45) is 41.2 Å². The van der Waals surface area contributed by atoms with Crippen LogP contribution in [0.4, 0.5) is 0 Å². The standard InChI is InChI=1S/C18H32N2O/c1-11-6-12(2)17(19)9-16(11)18(21)20(3)10-15-8-13-4-5-14(15)7-13/h11-17H,4-10,19H2,1-3H3. The number of carbonyl (C=O) groups is 1. The number of hydrogen-bond acceptors (Lipinski definition) is 2.